The van der Waals surface area contributed by atoms with E-state index in [1.165, 1.54) is 6.42 Å². The van der Waals surface area contributed by atoms with Gasteiger partial charge in [0, 0.05) is 65.6 Å². The van der Waals surface area contributed by atoms with E-state index in [-0.39, 0.29) is 12.6 Å². The lowest BCUT2D eigenvalue weighted by molar-refractivity contribution is -0.138. The summed E-state index contributed by atoms with van der Waals surface area (Å²) in [6.45, 7) is 5.81. The summed E-state index contributed by atoms with van der Waals surface area (Å²) < 4.78 is 8.21. The van der Waals surface area contributed by atoms with Crippen LogP contribution >= 0.6 is 23.2 Å². The molecule has 9 heteroatoms. The van der Waals surface area contributed by atoms with Crippen molar-refractivity contribution in [1.82, 2.24) is 14.7 Å². The smallest absolute Gasteiger partial charge is 0.317 e. The third kappa shape index (κ3) is 5.22. The van der Waals surface area contributed by atoms with Crippen LogP contribution in [0.5, 0.6) is 5.75 Å². The third-order valence-corrected chi connectivity index (χ3v) is 7.78. The van der Waals surface area contributed by atoms with Crippen LogP contribution in [0.3, 0.4) is 0 Å². The molecule has 5 rings (SSSR count). The highest BCUT2D eigenvalue weighted by atomic mass is 35.5. The minimum Gasteiger partial charge on any atom is -0.484 e. The van der Waals surface area contributed by atoms with E-state index in [1.54, 1.807) is 10.7 Å². The van der Waals surface area contributed by atoms with Crippen molar-refractivity contribution in [3.8, 4) is 5.75 Å². The first kappa shape index (κ1) is 24.2. The van der Waals surface area contributed by atoms with E-state index in [1.807, 2.05) is 32.3 Å². The maximum atomic E-state index is 11.1. The number of carboxylic acid groups (broad SMARTS) is 1. The van der Waals surface area contributed by atoms with Crippen molar-refractivity contribution in [2.24, 2.45) is 18.9 Å². The molecule has 0 aliphatic carbocycles. The molecule has 186 valence electrons. The maximum absolute atomic E-state index is 11.1. The number of rotatable bonds is 7. The highest BCUT2D eigenvalue weighted by Gasteiger charge is 2.36. The number of benzene rings is 2. The number of carboxylic acids is 1. The summed E-state index contributed by atoms with van der Waals surface area (Å²) in [5.74, 6) is 1.11. The SMILES string of the molecule is C[C@@H](Oc1cc(N2CC([C@H]3CCCN(CC(=O)O)C3)C2)cc2cn(C)nc12)c1ccc(Cl)cc1Cl. The summed E-state index contributed by atoms with van der Waals surface area (Å²) in [4.78, 5) is 15.6. The van der Waals surface area contributed by atoms with Crippen molar-refractivity contribution in [2.45, 2.75) is 25.9 Å². The number of ether oxygens (including phenoxy) is 1. The van der Waals surface area contributed by atoms with Gasteiger partial charge in [-0.15, -0.1) is 0 Å². The van der Waals surface area contributed by atoms with Gasteiger partial charge in [0.05, 0.1) is 6.54 Å². The number of nitrogens with zero attached hydrogens (tertiary/aromatic N) is 4. The molecule has 7 nitrogen and oxygen atoms in total. The number of halogens is 2. The van der Waals surface area contributed by atoms with Gasteiger partial charge in [-0.25, -0.2) is 0 Å². The van der Waals surface area contributed by atoms with Gasteiger partial charge in [0.15, 0.2) is 0 Å². The summed E-state index contributed by atoms with van der Waals surface area (Å²) >= 11 is 12.5. The Kier molecular flexibility index (Phi) is 6.84. The van der Waals surface area contributed by atoms with Gasteiger partial charge in [0.1, 0.15) is 17.4 Å². The molecule has 2 aliphatic heterocycles. The summed E-state index contributed by atoms with van der Waals surface area (Å²) in [6, 6.07) is 9.69. The quantitative estimate of drug-likeness (QED) is 0.462. The van der Waals surface area contributed by atoms with Crippen LogP contribution in [-0.4, -0.2) is 58.5 Å². The average molecular weight is 517 g/mol. The predicted molar refractivity (Wildman–Crippen MR) is 139 cm³/mol. The van der Waals surface area contributed by atoms with Crippen LogP contribution in [0.25, 0.3) is 10.9 Å². The monoisotopic (exact) mass is 516 g/mol. The normalized spacial score (nSPS) is 20.1. The molecule has 0 unspecified atom stereocenters. The topological polar surface area (TPSA) is 70.8 Å². The molecule has 0 amide bonds. The molecule has 3 heterocycles. The Labute approximate surface area is 215 Å². The fourth-order valence-electron chi connectivity index (χ4n) is 5.40. The van der Waals surface area contributed by atoms with Crippen LogP contribution < -0.4 is 9.64 Å². The Morgan fingerprint density at radius 3 is 2.74 bits per heavy atom. The Morgan fingerprint density at radius 2 is 2.00 bits per heavy atom. The van der Waals surface area contributed by atoms with Gasteiger partial charge in [0.2, 0.25) is 0 Å². The molecule has 1 N–H and O–H groups in total. The summed E-state index contributed by atoms with van der Waals surface area (Å²) in [5.41, 5.74) is 2.81. The number of hydrogen-bond acceptors (Lipinski definition) is 5. The Hall–Kier alpha value is -2.48. The van der Waals surface area contributed by atoms with Crippen LogP contribution in [0, 0.1) is 11.8 Å². The molecule has 2 aromatic carbocycles. The molecule has 0 radical (unpaired) electrons. The second-order valence-corrected chi connectivity index (χ2v) is 10.7. The number of aryl methyl sites for hydroxylation is 1. The maximum Gasteiger partial charge on any atom is 0.317 e. The third-order valence-electron chi connectivity index (χ3n) is 7.22. The van der Waals surface area contributed by atoms with Crippen molar-refractivity contribution < 1.29 is 14.6 Å². The number of aliphatic carboxylic acids is 1. The standard InChI is InChI=1S/C26H30Cl2N4O3/c1-16(22-6-5-20(27)9-23(22)28)35-24-10-21(8-18-11-30(2)29-26(18)24)32-13-19(14-32)17-4-3-7-31(12-17)15-25(33)34/h5-6,8-11,16-17,19H,3-4,7,12-15H2,1-2H3,(H,33,34)/t16-,17+/m1/s1. The fraction of sp³-hybridized carbons (Fsp3) is 0.462. The van der Waals surface area contributed by atoms with Gasteiger partial charge in [-0.3, -0.25) is 14.4 Å². The number of likely N-dealkylation sites (tertiary alicyclic amines) is 1. The van der Waals surface area contributed by atoms with Gasteiger partial charge < -0.3 is 14.7 Å². The second kappa shape index (κ2) is 9.88. The highest BCUT2D eigenvalue weighted by Crippen LogP contribution is 2.39. The molecule has 2 saturated heterocycles. The number of aromatic nitrogens is 2. The molecule has 2 atom stereocenters. The summed E-state index contributed by atoms with van der Waals surface area (Å²) in [6.07, 6.45) is 3.98. The Balaban J connectivity index is 1.32. The zero-order valence-electron chi connectivity index (χ0n) is 20.0. The van der Waals surface area contributed by atoms with Crippen LogP contribution in [0.1, 0.15) is 31.4 Å². The summed E-state index contributed by atoms with van der Waals surface area (Å²) in [7, 11) is 1.91. The first-order valence-corrected chi connectivity index (χ1v) is 12.8. The minimum atomic E-state index is -0.743. The van der Waals surface area contributed by atoms with Crippen LogP contribution in [-0.2, 0) is 11.8 Å². The van der Waals surface area contributed by atoms with E-state index in [2.05, 4.69) is 27.0 Å². The van der Waals surface area contributed by atoms with Crippen molar-refractivity contribution in [3.05, 3.63) is 52.1 Å². The molecule has 0 bridgehead atoms. The van der Waals surface area contributed by atoms with Gasteiger partial charge in [0.25, 0.3) is 0 Å². The molecular formula is C26H30Cl2N4O3. The summed E-state index contributed by atoms with van der Waals surface area (Å²) in [5, 5.41) is 16.0. The van der Waals surface area contributed by atoms with Gasteiger partial charge >= 0.3 is 5.97 Å². The van der Waals surface area contributed by atoms with Crippen molar-refractivity contribution >= 4 is 45.8 Å². The predicted octanol–water partition coefficient (Wildman–Crippen LogP) is 5.25. The fourth-order valence-corrected chi connectivity index (χ4v) is 5.96. The zero-order valence-corrected chi connectivity index (χ0v) is 21.5. The number of carbonyl (C=O) groups is 1. The molecular weight excluding hydrogens is 487 g/mol. The molecule has 1 aromatic heterocycles. The molecule has 2 fully saturated rings. The lowest BCUT2D eigenvalue weighted by atomic mass is 9.80. The number of hydrogen-bond donors (Lipinski definition) is 1. The van der Waals surface area contributed by atoms with Crippen LogP contribution in [0.15, 0.2) is 36.5 Å². The largest absolute Gasteiger partial charge is 0.484 e. The lowest BCUT2D eigenvalue weighted by Crippen LogP contribution is -2.54. The molecule has 2 aliphatic rings. The minimum absolute atomic E-state index is 0.140. The first-order valence-electron chi connectivity index (χ1n) is 12.0. The van der Waals surface area contributed by atoms with E-state index in [4.69, 9.17) is 33.0 Å². The van der Waals surface area contributed by atoms with Gasteiger partial charge in [-0.2, -0.15) is 5.10 Å². The van der Waals surface area contributed by atoms with Crippen LogP contribution in [0.2, 0.25) is 10.0 Å². The van der Waals surface area contributed by atoms with E-state index >= 15 is 0 Å². The number of fused-ring (bicyclic) bond motifs is 1. The van der Waals surface area contributed by atoms with E-state index in [9.17, 15) is 4.79 Å². The van der Waals surface area contributed by atoms with E-state index in [0.29, 0.717) is 21.9 Å². The van der Waals surface area contributed by atoms with Crippen molar-refractivity contribution in [3.63, 3.8) is 0 Å². The first-order chi connectivity index (χ1) is 16.8. The van der Waals surface area contributed by atoms with Gasteiger partial charge in [-0.1, -0.05) is 29.3 Å². The van der Waals surface area contributed by atoms with Crippen molar-refractivity contribution in [1.29, 1.82) is 0 Å². The van der Waals surface area contributed by atoms with Crippen LogP contribution in [0.4, 0.5) is 5.69 Å². The van der Waals surface area contributed by atoms with Crippen molar-refractivity contribution in [2.75, 3.05) is 37.6 Å². The Bertz CT molecular complexity index is 1240. The van der Waals surface area contributed by atoms with Gasteiger partial charge in [-0.05, 0) is 56.3 Å². The highest BCUT2D eigenvalue weighted by molar-refractivity contribution is 6.35. The zero-order chi connectivity index (χ0) is 24.7. The lowest BCUT2D eigenvalue weighted by Gasteiger charge is -2.47. The molecule has 0 spiro atoms. The average Bonchev–Trinajstić information content (AvgIpc) is 3.13. The molecule has 0 saturated carbocycles. The Morgan fingerprint density at radius 1 is 1.20 bits per heavy atom. The molecule has 35 heavy (non-hydrogen) atoms. The second-order valence-electron chi connectivity index (χ2n) is 9.81. The van der Waals surface area contributed by atoms with E-state index in [0.717, 1.165) is 60.5 Å². The van der Waals surface area contributed by atoms with E-state index < -0.39 is 5.97 Å². The number of anilines is 1. The number of piperidine rings is 1. The molecule has 3 aromatic rings.